The van der Waals surface area contributed by atoms with Crippen LogP contribution in [-0.2, 0) is 23.8 Å². The molecular formula is C40H78O5S. The fourth-order valence-corrected chi connectivity index (χ4v) is 6.01. The van der Waals surface area contributed by atoms with Crippen LogP contribution in [0.4, 0.5) is 0 Å². The van der Waals surface area contributed by atoms with Crippen molar-refractivity contribution < 1.29 is 22.1 Å². The third-order valence-electron chi connectivity index (χ3n) is 8.58. The van der Waals surface area contributed by atoms with Crippen LogP contribution in [0.3, 0.4) is 0 Å². The number of hydrogen-bond donors (Lipinski definition) is 0. The first-order valence-corrected chi connectivity index (χ1v) is 21.6. The maximum absolute atomic E-state index is 11.5. The van der Waals surface area contributed by atoms with Gasteiger partial charge in [0.2, 0.25) is 0 Å². The fraction of sp³-hybridized carbons (Fsp3) is 0.900. The molecule has 0 N–H and O–H groups in total. The zero-order chi connectivity index (χ0) is 33.7. The van der Waals surface area contributed by atoms with Crippen LogP contribution in [0.25, 0.3) is 0 Å². The average Bonchev–Trinajstić information content (AvgIpc) is 3.03. The highest BCUT2D eigenvalue weighted by Gasteiger charge is 2.13. The molecule has 0 saturated carbocycles. The summed E-state index contributed by atoms with van der Waals surface area (Å²) in [5.41, 5.74) is 0. The Bertz CT molecular complexity index is 749. The number of rotatable bonds is 38. The van der Waals surface area contributed by atoms with E-state index < -0.39 is 10.1 Å². The summed E-state index contributed by atoms with van der Waals surface area (Å²) in [6, 6.07) is 0. The zero-order valence-corrected chi connectivity index (χ0v) is 31.8. The minimum Gasteiger partial charge on any atom is -0.379 e. The molecule has 0 spiro atoms. The lowest BCUT2D eigenvalue weighted by Gasteiger charge is -2.17. The Labute approximate surface area is 288 Å². The van der Waals surface area contributed by atoms with E-state index >= 15 is 0 Å². The van der Waals surface area contributed by atoms with Crippen LogP contribution in [0.5, 0.6) is 0 Å². The predicted octanol–water partition coefficient (Wildman–Crippen LogP) is 12.4. The van der Waals surface area contributed by atoms with Crippen molar-refractivity contribution in [3.63, 3.8) is 0 Å². The van der Waals surface area contributed by atoms with Gasteiger partial charge in [-0.3, -0.25) is 4.18 Å². The van der Waals surface area contributed by atoms with Gasteiger partial charge >= 0.3 is 0 Å². The van der Waals surface area contributed by atoms with E-state index in [1.165, 1.54) is 161 Å². The monoisotopic (exact) mass is 671 g/mol. The molecular weight excluding hydrogens is 593 g/mol. The van der Waals surface area contributed by atoms with Gasteiger partial charge in [-0.1, -0.05) is 154 Å². The predicted molar refractivity (Wildman–Crippen MR) is 200 cm³/mol. The van der Waals surface area contributed by atoms with E-state index in [-0.39, 0.29) is 12.7 Å². The molecule has 0 aliphatic heterocycles. The molecule has 0 bridgehead atoms. The van der Waals surface area contributed by atoms with Crippen LogP contribution < -0.4 is 0 Å². The molecule has 1 atom stereocenters. The van der Waals surface area contributed by atoms with Gasteiger partial charge in [0.1, 0.15) is 6.10 Å². The van der Waals surface area contributed by atoms with Crippen molar-refractivity contribution in [2.75, 3.05) is 32.7 Å². The van der Waals surface area contributed by atoms with E-state index in [4.69, 9.17) is 13.7 Å². The molecule has 0 amide bonds. The Morgan fingerprint density at radius 1 is 0.457 bits per heavy atom. The smallest absolute Gasteiger partial charge is 0.264 e. The normalized spacial score (nSPS) is 13.0. The summed E-state index contributed by atoms with van der Waals surface area (Å²) < 4.78 is 39.8. The summed E-state index contributed by atoms with van der Waals surface area (Å²) in [7, 11) is -3.49. The van der Waals surface area contributed by atoms with Crippen LogP contribution in [0, 0.1) is 0 Å². The Morgan fingerprint density at radius 2 is 0.804 bits per heavy atom. The van der Waals surface area contributed by atoms with Crippen molar-refractivity contribution in [1.82, 2.24) is 0 Å². The van der Waals surface area contributed by atoms with Crippen LogP contribution in [0.2, 0.25) is 0 Å². The molecule has 274 valence electrons. The van der Waals surface area contributed by atoms with Crippen LogP contribution in [-0.4, -0.2) is 47.2 Å². The lowest BCUT2D eigenvalue weighted by Crippen LogP contribution is -2.27. The van der Waals surface area contributed by atoms with Gasteiger partial charge in [-0.05, 0) is 64.2 Å². The third kappa shape index (κ3) is 39.5. The molecule has 0 aliphatic carbocycles. The lowest BCUT2D eigenvalue weighted by molar-refractivity contribution is -0.0377. The maximum atomic E-state index is 11.5. The zero-order valence-electron chi connectivity index (χ0n) is 31.0. The van der Waals surface area contributed by atoms with Crippen molar-refractivity contribution in [2.24, 2.45) is 0 Å². The van der Waals surface area contributed by atoms with E-state index in [0.29, 0.717) is 19.8 Å². The van der Waals surface area contributed by atoms with Crippen molar-refractivity contribution in [2.45, 2.75) is 200 Å². The number of allylic oxidation sites excluding steroid dienone is 4. The van der Waals surface area contributed by atoms with E-state index in [9.17, 15) is 8.42 Å². The molecule has 0 aromatic carbocycles. The first-order chi connectivity index (χ1) is 22.5. The molecule has 46 heavy (non-hydrogen) atoms. The summed E-state index contributed by atoms with van der Waals surface area (Å²) >= 11 is 0. The molecule has 6 heteroatoms. The van der Waals surface area contributed by atoms with Gasteiger partial charge in [-0.25, -0.2) is 0 Å². The molecule has 0 heterocycles. The SMILES string of the molecule is CCCCCCCC/C=C\CCCCCCCCOCC(COS(C)(=O)=O)OCCCCCCCC/C=C\CCCCCCCC. The maximum Gasteiger partial charge on any atom is 0.264 e. The van der Waals surface area contributed by atoms with E-state index in [0.717, 1.165) is 25.5 Å². The van der Waals surface area contributed by atoms with Gasteiger partial charge in [0.05, 0.1) is 19.5 Å². The minimum atomic E-state index is -3.49. The molecule has 0 aliphatic rings. The summed E-state index contributed by atoms with van der Waals surface area (Å²) in [5, 5.41) is 0. The molecule has 0 fully saturated rings. The largest absolute Gasteiger partial charge is 0.379 e. The quantitative estimate of drug-likeness (QED) is 0.0372. The number of unbranched alkanes of at least 4 members (excludes halogenated alkanes) is 24. The molecule has 0 aromatic rings. The fourth-order valence-electron chi connectivity index (χ4n) is 5.61. The molecule has 0 rings (SSSR count). The second kappa shape index (κ2) is 37.1. The molecule has 5 nitrogen and oxygen atoms in total. The van der Waals surface area contributed by atoms with Crippen LogP contribution in [0.15, 0.2) is 24.3 Å². The summed E-state index contributed by atoms with van der Waals surface area (Å²) in [6.07, 6.45) is 46.2. The van der Waals surface area contributed by atoms with Crippen molar-refractivity contribution in [1.29, 1.82) is 0 Å². The Kier molecular flexibility index (Phi) is 36.6. The van der Waals surface area contributed by atoms with Crippen molar-refractivity contribution in [3.05, 3.63) is 24.3 Å². The number of hydrogen-bond acceptors (Lipinski definition) is 5. The highest BCUT2D eigenvalue weighted by molar-refractivity contribution is 7.85. The summed E-state index contributed by atoms with van der Waals surface area (Å²) in [4.78, 5) is 0. The highest BCUT2D eigenvalue weighted by atomic mass is 32.2. The van der Waals surface area contributed by atoms with Gasteiger partial charge < -0.3 is 9.47 Å². The molecule has 0 aromatic heterocycles. The first-order valence-electron chi connectivity index (χ1n) is 19.8. The Morgan fingerprint density at radius 3 is 1.20 bits per heavy atom. The van der Waals surface area contributed by atoms with Gasteiger partial charge in [0.15, 0.2) is 0 Å². The number of ether oxygens (including phenoxy) is 2. The molecule has 0 radical (unpaired) electrons. The average molecular weight is 671 g/mol. The minimum absolute atomic E-state index is 0.0264. The molecule has 0 saturated heterocycles. The van der Waals surface area contributed by atoms with Gasteiger partial charge in [-0.2, -0.15) is 8.42 Å². The second-order valence-corrected chi connectivity index (χ2v) is 15.1. The van der Waals surface area contributed by atoms with E-state index in [1.807, 2.05) is 0 Å². The van der Waals surface area contributed by atoms with E-state index in [2.05, 4.69) is 38.2 Å². The topological polar surface area (TPSA) is 61.8 Å². The summed E-state index contributed by atoms with van der Waals surface area (Å²) in [6.45, 7) is 6.26. The second-order valence-electron chi connectivity index (χ2n) is 13.4. The van der Waals surface area contributed by atoms with Gasteiger partial charge in [-0.15, -0.1) is 0 Å². The standard InChI is InChI=1S/C40H78O5S/c1-4-6-8-10-12-14-16-18-20-22-24-26-28-30-32-34-36-43-38-40(39-45-46(3,41)42)44-37-35-33-31-29-27-25-23-21-19-17-15-13-11-9-7-5-2/h18-21,40H,4-17,22-39H2,1-3H3/b20-18-,21-19-. The molecule has 1 unspecified atom stereocenters. The van der Waals surface area contributed by atoms with Gasteiger partial charge in [0.25, 0.3) is 10.1 Å². The first kappa shape index (κ1) is 45.3. The Balaban J connectivity index is 3.70. The van der Waals surface area contributed by atoms with Gasteiger partial charge in [0, 0.05) is 13.2 Å². The summed E-state index contributed by atoms with van der Waals surface area (Å²) in [5.74, 6) is 0. The third-order valence-corrected chi connectivity index (χ3v) is 9.15. The Hall–Kier alpha value is -0.690. The van der Waals surface area contributed by atoms with Crippen molar-refractivity contribution >= 4 is 10.1 Å². The lowest BCUT2D eigenvalue weighted by atomic mass is 10.1. The van der Waals surface area contributed by atoms with Crippen LogP contribution >= 0.6 is 0 Å². The van der Waals surface area contributed by atoms with Crippen LogP contribution in [0.1, 0.15) is 194 Å². The van der Waals surface area contributed by atoms with E-state index in [1.54, 1.807) is 0 Å². The van der Waals surface area contributed by atoms with Crippen molar-refractivity contribution in [3.8, 4) is 0 Å². The highest BCUT2D eigenvalue weighted by Crippen LogP contribution is 2.12.